The minimum Gasteiger partial charge on any atom is -0.144 e. The number of halogens is 2. The number of fused-ring (bicyclic) bond motifs is 1. The number of aryl methyl sites for hydroxylation is 1. The number of benzene rings is 1. The van der Waals surface area contributed by atoms with Crippen molar-refractivity contribution in [2.45, 2.75) is 19.3 Å². The third kappa shape index (κ3) is 2.86. The van der Waals surface area contributed by atoms with Crippen LogP contribution in [-0.2, 0) is 6.42 Å². The Balaban J connectivity index is 2.23. The average molecular weight is 351 g/mol. The van der Waals surface area contributed by atoms with Gasteiger partial charge in [-0.2, -0.15) is 0 Å². The van der Waals surface area contributed by atoms with Crippen LogP contribution in [0.5, 0.6) is 0 Å². The van der Waals surface area contributed by atoms with Crippen LogP contribution in [0.4, 0.5) is 0 Å². The quantitative estimate of drug-likeness (QED) is 0.398. The van der Waals surface area contributed by atoms with Gasteiger partial charge in [-0.15, -0.1) is 11.3 Å². The van der Waals surface area contributed by atoms with Crippen molar-refractivity contribution in [3.8, 4) is 0 Å². The highest BCUT2D eigenvalue weighted by atomic mass is 127. The molecule has 1 aromatic heterocycles. The molecule has 0 saturated heterocycles. The van der Waals surface area contributed by atoms with Crippen molar-refractivity contribution in [1.82, 2.24) is 0 Å². The van der Waals surface area contributed by atoms with Gasteiger partial charge in [-0.25, -0.2) is 0 Å². The van der Waals surface area contributed by atoms with E-state index in [0.29, 0.717) is 0 Å². The van der Waals surface area contributed by atoms with E-state index < -0.39 is 0 Å². The first kappa shape index (κ1) is 11.7. The molecular formula is C12H12ClIS. The fourth-order valence-corrected chi connectivity index (χ4v) is 3.35. The minimum absolute atomic E-state index is 0.844. The number of hydrogen-bond donors (Lipinski definition) is 0. The monoisotopic (exact) mass is 350 g/mol. The van der Waals surface area contributed by atoms with Crippen LogP contribution in [0.1, 0.15) is 18.4 Å². The second-order valence-corrected chi connectivity index (χ2v) is 5.97. The van der Waals surface area contributed by atoms with Gasteiger partial charge in [0.1, 0.15) is 0 Å². The molecule has 0 aliphatic carbocycles. The molecule has 0 aliphatic rings. The van der Waals surface area contributed by atoms with Crippen LogP contribution in [0.3, 0.4) is 0 Å². The smallest absolute Gasteiger partial charge is 0.0413 e. The zero-order valence-electron chi connectivity index (χ0n) is 8.30. The van der Waals surface area contributed by atoms with Crippen molar-refractivity contribution < 1.29 is 0 Å². The number of hydrogen-bond acceptors (Lipinski definition) is 1. The lowest BCUT2D eigenvalue weighted by atomic mass is 10.1. The Kier molecular flexibility index (Phi) is 4.29. The molecule has 0 nitrogen and oxygen atoms in total. The molecule has 0 aliphatic heterocycles. The fourth-order valence-electron chi connectivity index (χ4n) is 1.66. The summed E-state index contributed by atoms with van der Waals surface area (Å²) in [6.45, 7) is 0. The number of alkyl halides is 1. The minimum atomic E-state index is 0.844. The summed E-state index contributed by atoms with van der Waals surface area (Å²) in [5.74, 6) is 0. The molecule has 1 heterocycles. The summed E-state index contributed by atoms with van der Waals surface area (Å²) in [6, 6.07) is 6.17. The normalized spacial score (nSPS) is 11.1. The number of thiophene rings is 1. The molecule has 0 N–H and O–H groups in total. The highest BCUT2D eigenvalue weighted by Crippen LogP contribution is 2.29. The molecular weight excluding hydrogens is 339 g/mol. The van der Waals surface area contributed by atoms with Crippen molar-refractivity contribution in [2.24, 2.45) is 0 Å². The summed E-state index contributed by atoms with van der Waals surface area (Å²) in [5, 5.41) is 4.46. The van der Waals surface area contributed by atoms with E-state index in [4.69, 9.17) is 11.6 Å². The van der Waals surface area contributed by atoms with E-state index in [0.717, 1.165) is 5.02 Å². The maximum atomic E-state index is 6.01. The summed E-state index contributed by atoms with van der Waals surface area (Å²) in [4.78, 5) is 0. The molecule has 80 valence electrons. The molecule has 0 unspecified atom stereocenters. The van der Waals surface area contributed by atoms with Crippen molar-refractivity contribution in [1.29, 1.82) is 0 Å². The molecule has 1 aromatic carbocycles. The first-order chi connectivity index (χ1) is 7.31. The predicted molar refractivity (Wildman–Crippen MR) is 78.7 cm³/mol. The van der Waals surface area contributed by atoms with Crippen LogP contribution >= 0.6 is 45.5 Å². The Bertz CT molecular complexity index is 450. The number of unbranched alkanes of at least 4 members (excludes halogenated alkanes) is 1. The molecule has 2 rings (SSSR count). The molecule has 3 heteroatoms. The van der Waals surface area contributed by atoms with Crippen molar-refractivity contribution in [2.75, 3.05) is 4.43 Å². The van der Waals surface area contributed by atoms with Crippen LogP contribution < -0.4 is 0 Å². The lowest BCUT2D eigenvalue weighted by molar-refractivity contribution is 0.815. The van der Waals surface area contributed by atoms with Crippen molar-refractivity contribution in [3.63, 3.8) is 0 Å². The Hall–Kier alpha value is 0.200. The Labute approximate surface area is 113 Å². The Morgan fingerprint density at radius 1 is 1.27 bits per heavy atom. The Morgan fingerprint density at radius 2 is 2.13 bits per heavy atom. The predicted octanol–water partition coefficient (Wildman–Crippen LogP) is 5.31. The van der Waals surface area contributed by atoms with Crippen molar-refractivity contribution >= 4 is 55.6 Å². The zero-order valence-corrected chi connectivity index (χ0v) is 12.0. The molecule has 0 saturated carbocycles. The topological polar surface area (TPSA) is 0 Å². The third-order valence-corrected chi connectivity index (χ3v) is 4.46. The van der Waals surface area contributed by atoms with Gasteiger partial charge in [0.05, 0.1) is 0 Å². The van der Waals surface area contributed by atoms with E-state index in [2.05, 4.69) is 40.1 Å². The van der Waals surface area contributed by atoms with Gasteiger partial charge in [0.2, 0.25) is 0 Å². The fraction of sp³-hybridized carbons (Fsp3) is 0.333. The van der Waals surface area contributed by atoms with Gasteiger partial charge in [-0.05, 0) is 58.2 Å². The zero-order chi connectivity index (χ0) is 10.7. The average Bonchev–Trinajstić information content (AvgIpc) is 2.62. The summed E-state index contributed by atoms with van der Waals surface area (Å²) in [7, 11) is 0. The van der Waals surface area contributed by atoms with Crippen LogP contribution in [-0.4, -0.2) is 4.43 Å². The second-order valence-electron chi connectivity index (χ2n) is 3.55. The molecule has 0 amide bonds. The summed E-state index contributed by atoms with van der Waals surface area (Å²) in [6.07, 6.45) is 3.77. The summed E-state index contributed by atoms with van der Waals surface area (Å²) < 4.78 is 2.60. The van der Waals surface area contributed by atoms with Gasteiger partial charge >= 0.3 is 0 Å². The lowest BCUT2D eigenvalue weighted by Crippen LogP contribution is -1.84. The molecule has 15 heavy (non-hydrogen) atoms. The van der Waals surface area contributed by atoms with E-state index in [1.54, 1.807) is 0 Å². The van der Waals surface area contributed by atoms with Crippen LogP contribution in [0.15, 0.2) is 23.6 Å². The highest BCUT2D eigenvalue weighted by Gasteiger charge is 2.04. The lowest BCUT2D eigenvalue weighted by Gasteiger charge is -1.98. The van der Waals surface area contributed by atoms with Gasteiger partial charge in [-0.1, -0.05) is 34.2 Å². The van der Waals surface area contributed by atoms with Crippen LogP contribution in [0.25, 0.3) is 10.1 Å². The second kappa shape index (κ2) is 5.51. The largest absolute Gasteiger partial charge is 0.144 e. The van der Waals surface area contributed by atoms with Gasteiger partial charge in [-0.3, -0.25) is 0 Å². The Morgan fingerprint density at radius 3 is 2.93 bits per heavy atom. The molecule has 0 spiro atoms. The van der Waals surface area contributed by atoms with Crippen LogP contribution in [0.2, 0.25) is 5.02 Å². The van der Waals surface area contributed by atoms with Gasteiger partial charge in [0, 0.05) is 9.72 Å². The maximum Gasteiger partial charge on any atom is 0.0413 e. The molecule has 0 fully saturated rings. The molecule has 0 bridgehead atoms. The standard InChI is InChI=1S/C12H12ClIS/c13-10-4-5-12-11(7-10)9(8-15-12)3-1-2-6-14/h4-5,7-8H,1-3,6H2. The first-order valence-corrected chi connectivity index (χ1v) is 7.81. The van der Waals surface area contributed by atoms with E-state index in [-0.39, 0.29) is 0 Å². The van der Waals surface area contributed by atoms with Crippen LogP contribution in [0, 0.1) is 0 Å². The van der Waals surface area contributed by atoms with Gasteiger partial charge in [0.25, 0.3) is 0 Å². The third-order valence-electron chi connectivity index (χ3n) is 2.45. The van der Waals surface area contributed by atoms with Gasteiger partial charge in [0.15, 0.2) is 0 Å². The van der Waals surface area contributed by atoms with E-state index in [1.807, 2.05) is 17.4 Å². The highest BCUT2D eigenvalue weighted by molar-refractivity contribution is 14.1. The molecule has 0 radical (unpaired) electrons. The summed E-state index contributed by atoms with van der Waals surface area (Å²) in [5.41, 5.74) is 1.46. The van der Waals surface area contributed by atoms with E-state index >= 15 is 0 Å². The van der Waals surface area contributed by atoms with E-state index in [9.17, 15) is 0 Å². The maximum absolute atomic E-state index is 6.01. The SMILES string of the molecule is Clc1ccc2scc(CCCCI)c2c1. The molecule has 0 atom stereocenters. The first-order valence-electron chi connectivity index (χ1n) is 5.03. The number of rotatable bonds is 4. The van der Waals surface area contributed by atoms with Crippen molar-refractivity contribution in [3.05, 3.63) is 34.2 Å². The van der Waals surface area contributed by atoms with E-state index in [1.165, 1.54) is 39.3 Å². The van der Waals surface area contributed by atoms with Gasteiger partial charge < -0.3 is 0 Å². The summed E-state index contributed by atoms with van der Waals surface area (Å²) >= 11 is 10.3. The molecule has 2 aromatic rings.